The van der Waals surface area contributed by atoms with Gasteiger partial charge in [-0.05, 0) is 44.2 Å². The van der Waals surface area contributed by atoms with Gasteiger partial charge in [-0.3, -0.25) is 4.79 Å². The van der Waals surface area contributed by atoms with Gasteiger partial charge in [-0.1, -0.05) is 18.2 Å². The predicted molar refractivity (Wildman–Crippen MR) is 96.4 cm³/mol. The fourth-order valence-electron chi connectivity index (χ4n) is 3.28. The topological polar surface area (TPSA) is 42.4 Å². The van der Waals surface area contributed by atoms with E-state index < -0.39 is 0 Å². The van der Waals surface area contributed by atoms with E-state index in [0.717, 1.165) is 42.1 Å². The van der Waals surface area contributed by atoms with Gasteiger partial charge in [-0.15, -0.1) is 11.3 Å². The highest BCUT2D eigenvalue weighted by Gasteiger charge is 2.29. The van der Waals surface area contributed by atoms with E-state index in [9.17, 15) is 4.79 Å². The van der Waals surface area contributed by atoms with Crippen LogP contribution >= 0.6 is 11.3 Å². The average molecular weight is 344 g/mol. The van der Waals surface area contributed by atoms with Crippen molar-refractivity contribution in [3.8, 4) is 5.75 Å². The molecule has 0 N–H and O–H groups in total. The Kier molecular flexibility index (Phi) is 5.86. The van der Waals surface area contributed by atoms with E-state index >= 15 is 0 Å². The van der Waals surface area contributed by atoms with Gasteiger partial charge < -0.3 is 9.64 Å². The number of hydrogen-bond donors (Lipinski definition) is 0. The molecular formula is C19H24N2O2S. The van der Waals surface area contributed by atoms with Crippen LogP contribution in [0.15, 0.2) is 35.8 Å². The molecule has 0 bridgehead atoms. The molecule has 3 rings (SSSR count). The third-order valence-electron chi connectivity index (χ3n) is 4.44. The van der Waals surface area contributed by atoms with Crippen molar-refractivity contribution in [2.75, 3.05) is 13.2 Å². The number of likely N-dealkylation sites (tertiary alicyclic amines) is 1. The molecule has 4 nitrogen and oxygen atoms in total. The van der Waals surface area contributed by atoms with E-state index in [1.54, 1.807) is 11.3 Å². The van der Waals surface area contributed by atoms with Crippen molar-refractivity contribution in [3.63, 3.8) is 0 Å². The number of hydrogen-bond acceptors (Lipinski definition) is 4. The minimum absolute atomic E-state index is 0.161. The molecule has 5 heteroatoms. The second-order valence-electron chi connectivity index (χ2n) is 6.01. The molecule has 1 amide bonds. The first-order valence-corrected chi connectivity index (χ1v) is 9.57. The summed E-state index contributed by atoms with van der Waals surface area (Å²) in [6.45, 7) is 3.47. The van der Waals surface area contributed by atoms with Crippen molar-refractivity contribution in [2.24, 2.45) is 0 Å². The molecular weight excluding hydrogens is 320 g/mol. The molecule has 1 fully saturated rings. The number of rotatable bonds is 6. The maximum absolute atomic E-state index is 12.8. The molecule has 0 unspecified atom stereocenters. The monoisotopic (exact) mass is 344 g/mol. The molecule has 0 aliphatic carbocycles. The van der Waals surface area contributed by atoms with Gasteiger partial charge in [-0.2, -0.15) is 0 Å². The minimum atomic E-state index is 0.161. The molecule has 128 valence electrons. The van der Waals surface area contributed by atoms with Crippen molar-refractivity contribution in [1.82, 2.24) is 9.88 Å². The number of piperidine rings is 1. The lowest BCUT2D eigenvalue weighted by Gasteiger charge is -2.34. The van der Waals surface area contributed by atoms with Crippen LogP contribution in [-0.2, 0) is 11.2 Å². The summed E-state index contributed by atoms with van der Waals surface area (Å²) in [5.74, 6) is 1.11. The lowest BCUT2D eigenvalue weighted by atomic mass is 10.0. The maximum Gasteiger partial charge on any atom is 0.223 e. The summed E-state index contributed by atoms with van der Waals surface area (Å²) in [7, 11) is 0. The number of nitrogens with zero attached hydrogens (tertiary/aromatic N) is 2. The molecule has 2 heterocycles. The number of carbonyl (C=O) groups excluding carboxylic acids is 1. The summed E-state index contributed by atoms with van der Waals surface area (Å²) in [6, 6.07) is 8.16. The van der Waals surface area contributed by atoms with Crippen LogP contribution in [0.1, 0.15) is 49.2 Å². The van der Waals surface area contributed by atoms with Crippen molar-refractivity contribution >= 4 is 17.2 Å². The lowest BCUT2D eigenvalue weighted by molar-refractivity contribution is -0.135. The molecule has 0 spiro atoms. The van der Waals surface area contributed by atoms with Crippen molar-refractivity contribution in [2.45, 2.75) is 45.1 Å². The van der Waals surface area contributed by atoms with Crippen molar-refractivity contribution < 1.29 is 9.53 Å². The summed E-state index contributed by atoms with van der Waals surface area (Å²) in [5.41, 5.74) is 1.11. The van der Waals surface area contributed by atoms with Gasteiger partial charge in [0.1, 0.15) is 10.8 Å². The van der Waals surface area contributed by atoms with Crippen LogP contribution in [0.3, 0.4) is 0 Å². The van der Waals surface area contributed by atoms with Crippen LogP contribution in [0.25, 0.3) is 0 Å². The van der Waals surface area contributed by atoms with E-state index in [2.05, 4.69) is 4.98 Å². The molecule has 1 aliphatic rings. The molecule has 1 aromatic carbocycles. The summed E-state index contributed by atoms with van der Waals surface area (Å²) < 4.78 is 5.66. The zero-order valence-electron chi connectivity index (χ0n) is 14.1. The summed E-state index contributed by atoms with van der Waals surface area (Å²) in [6.07, 6.45) is 6.34. The van der Waals surface area contributed by atoms with Gasteiger partial charge in [0.15, 0.2) is 0 Å². The number of aromatic nitrogens is 1. The third kappa shape index (κ3) is 3.96. The molecule has 0 saturated carbocycles. The molecule has 1 aliphatic heterocycles. The summed E-state index contributed by atoms with van der Waals surface area (Å²) in [5, 5.41) is 3.06. The third-order valence-corrected chi connectivity index (χ3v) is 5.32. The standard InChI is InChI=1S/C19H24N2O2S/c1-2-23-17-9-4-3-7-15(17)10-11-18(22)21-13-6-5-8-16(21)19-20-12-14-24-19/h3-4,7,9,12,14,16H,2,5-6,8,10-11,13H2,1H3/t16-/m1/s1. The molecule has 1 saturated heterocycles. The highest BCUT2D eigenvalue weighted by molar-refractivity contribution is 7.09. The zero-order chi connectivity index (χ0) is 16.8. The fraction of sp³-hybridized carbons (Fsp3) is 0.474. The van der Waals surface area contributed by atoms with Crippen LogP contribution in [0, 0.1) is 0 Å². The fourth-order valence-corrected chi connectivity index (χ4v) is 4.06. The Bertz CT molecular complexity index is 657. The Hall–Kier alpha value is -1.88. The van der Waals surface area contributed by atoms with Gasteiger partial charge in [0.05, 0.1) is 12.6 Å². The first-order chi connectivity index (χ1) is 11.8. The molecule has 24 heavy (non-hydrogen) atoms. The van der Waals surface area contributed by atoms with Gasteiger partial charge >= 0.3 is 0 Å². The van der Waals surface area contributed by atoms with E-state index in [1.165, 1.54) is 6.42 Å². The summed E-state index contributed by atoms with van der Waals surface area (Å²) >= 11 is 1.65. The number of amides is 1. The molecule has 1 aromatic heterocycles. The molecule has 2 aromatic rings. The Labute approximate surface area is 147 Å². The first kappa shape index (κ1) is 17.0. The minimum Gasteiger partial charge on any atom is -0.494 e. The Morgan fingerprint density at radius 3 is 3.04 bits per heavy atom. The number of thiazole rings is 1. The average Bonchev–Trinajstić information content (AvgIpc) is 3.15. The normalized spacial score (nSPS) is 17.7. The Morgan fingerprint density at radius 1 is 1.38 bits per heavy atom. The quantitative estimate of drug-likeness (QED) is 0.787. The van der Waals surface area contributed by atoms with E-state index in [-0.39, 0.29) is 11.9 Å². The van der Waals surface area contributed by atoms with Crippen LogP contribution in [0.2, 0.25) is 0 Å². The van der Waals surface area contributed by atoms with Gasteiger partial charge in [0.2, 0.25) is 5.91 Å². The van der Waals surface area contributed by atoms with Crippen molar-refractivity contribution in [3.05, 3.63) is 46.4 Å². The maximum atomic E-state index is 12.8. The second kappa shape index (κ2) is 8.29. The first-order valence-electron chi connectivity index (χ1n) is 8.69. The van der Waals surface area contributed by atoms with E-state index in [0.29, 0.717) is 13.0 Å². The van der Waals surface area contributed by atoms with Gasteiger partial charge in [-0.25, -0.2) is 4.98 Å². The summed E-state index contributed by atoms with van der Waals surface area (Å²) in [4.78, 5) is 19.3. The molecule has 0 radical (unpaired) electrons. The lowest BCUT2D eigenvalue weighted by Crippen LogP contribution is -2.38. The number of benzene rings is 1. The number of carbonyl (C=O) groups is 1. The highest BCUT2D eigenvalue weighted by Crippen LogP contribution is 2.32. The molecule has 1 atom stereocenters. The van der Waals surface area contributed by atoms with Crippen LogP contribution in [-0.4, -0.2) is 28.9 Å². The number of para-hydroxylation sites is 1. The number of aryl methyl sites for hydroxylation is 1. The smallest absolute Gasteiger partial charge is 0.223 e. The van der Waals surface area contributed by atoms with Crippen LogP contribution < -0.4 is 4.74 Å². The Morgan fingerprint density at radius 2 is 2.25 bits per heavy atom. The zero-order valence-corrected chi connectivity index (χ0v) is 14.9. The largest absolute Gasteiger partial charge is 0.494 e. The van der Waals surface area contributed by atoms with Crippen molar-refractivity contribution in [1.29, 1.82) is 0 Å². The van der Waals surface area contributed by atoms with Crippen LogP contribution in [0.4, 0.5) is 0 Å². The second-order valence-corrected chi connectivity index (χ2v) is 6.94. The van der Waals surface area contributed by atoms with Crippen LogP contribution in [0.5, 0.6) is 5.75 Å². The van der Waals surface area contributed by atoms with Gasteiger partial charge in [0, 0.05) is 24.5 Å². The highest BCUT2D eigenvalue weighted by atomic mass is 32.1. The SMILES string of the molecule is CCOc1ccccc1CCC(=O)N1CCCC[C@@H]1c1nccs1. The van der Waals surface area contributed by atoms with E-state index in [4.69, 9.17) is 4.74 Å². The predicted octanol–water partition coefficient (Wildman–Crippen LogP) is 4.23. The van der Waals surface area contributed by atoms with E-state index in [1.807, 2.05) is 47.7 Å². The van der Waals surface area contributed by atoms with Gasteiger partial charge in [0.25, 0.3) is 0 Å². The Balaban J connectivity index is 1.65. The number of ether oxygens (including phenoxy) is 1.